The van der Waals surface area contributed by atoms with Crippen LogP contribution in [0, 0.1) is 0 Å². The predicted octanol–water partition coefficient (Wildman–Crippen LogP) is 0.908. The number of nitrogens with one attached hydrogen (secondary N) is 1. The molecule has 1 aromatic carbocycles. The normalized spacial score (nSPS) is 19.4. The van der Waals surface area contributed by atoms with Crippen LogP contribution in [0.5, 0.6) is 0 Å². The summed E-state index contributed by atoms with van der Waals surface area (Å²) in [4.78, 5) is 29.5. The van der Waals surface area contributed by atoms with Crippen molar-refractivity contribution >= 4 is 28.9 Å². The number of fused-ring (bicyclic) bond motifs is 1. The maximum absolute atomic E-state index is 11.7. The molecule has 0 saturated carbocycles. The van der Waals surface area contributed by atoms with Crippen molar-refractivity contribution in [1.82, 2.24) is 10.0 Å². The Morgan fingerprint density at radius 1 is 1.32 bits per heavy atom. The molecule has 6 nitrogen and oxygen atoms in total. The summed E-state index contributed by atoms with van der Waals surface area (Å²) in [5, 5.41) is 11.0. The zero-order valence-electron chi connectivity index (χ0n) is 9.91. The topological polar surface area (TPSA) is 85.8 Å². The molecule has 0 fully saturated rings. The van der Waals surface area contributed by atoms with Crippen LogP contribution in [0.2, 0.25) is 0 Å². The molecule has 96 valence electrons. The summed E-state index contributed by atoms with van der Waals surface area (Å²) in [5.41, 5.74) is 1.80. The summed E-state index contributed by atoms with van der Waals surface area (Å²) in [6.07, 6.45) is 2.82. The van der Waals surface area contributed by atoms with Gasteiger partial charge in [0.15, 0.2) is 0 Å². The molecular weight excluding hydrogens is 246 g/mol. The van der Waals surface area contributed by atoms with Crippen molar-refractivity contribution in [3.8, 4) is 0 Å². The summed E-state index contributed by atoms with van der Waals surface area (Å²) in [6, 6.07) is 6.67. The number of benzene rings is 1. The van der Waals surface area contributed by atoms with E-state index < -0.39 is 17.9 Å². The lowest BCUT2D eigenvalue weighted by atomic mass is 10.0. The number of carbonyl (C=O) groups is 2. The molecular formula is C13H11N3O3. The third-order valence-electron chi connectivity index (χ3n) is 3.20. The van der Waals surface area contributed by atoms with Gasteiger partial charge in [0.1, 0.15) is 6.04 Å². The van der Waals surface area contributed by atoms with Crippen LogP contribution < -0.4 is 0 Å². The van der Waals surface area contributed by atoms with Crippen LogP contribution >= 0.6 is 0 Å². The van der Waals surface area contributed by atoms with Crippen LogP contribution in [-0.4, -0.2) is 39.3 Å². The van der Waals surface area contributed by atoms with Crippen LogP contribution in [0.4, 0.5) is 0 Å². The number of aromatic nitrogens is 1. The highest BCUT2D eigenvalue weighted by Crippen LogP contribution is 2.21. The number of rotatable bonds is 2. The highest BCUT2D eigenvalue weighted by molar-refractivity contribution is 6.30. The van der Waals surface area contributed by atoms with Crippen LogP contribution in [0.1, 0.15) is 5.56 Å². The van der Waals surface area contributed by atoms with Gasteiger partial charge in [-0.15, -0.1) is 0 Å². The van der Waals surface area contributed by atoms with Crippen LogP contribution in [0.25, 0.3) is 10.9 Å². The summed E-state index contributed by atoms with van der Waals surface area (Å²) in [5.74, 6) is -1.20. The Kier molecular flexibility index (Phi) is 2.64. The minimum Gasteiger partial charge on any atom is -0.361 e. The molecule has 2 amide bonds. The summed E-state index contributed by atoms with van der Waals surface area (Å²) in [6.45, 7) is 0. The predicted molar refractivity (Wildman–Crippen MR) is 67.9 cm³/mol. The Balaban J connectivity index is 1.94. The lowest BCUT2D eigenvalue weighted by molar-refractivity contribution is -0.173. The van der Waals surface area contributed by atoms with Crippen LogP contribution in [0.15, 0.2) is 35.5 Å². The number of carbonyl (C=O) groups excluding carboxylic acids is 2. The zero-order valence-corrected chi connectivity index (χ0v) is 9.91. The molecule has 1 aliphatic rings. The Bertz CT molecular complexity index is 689. The smallest absolute Gasteiger partial charge is 0.289 e. The van der Waals surface area contributed by atoms with Gasteiger partial charge in [-0.3, -0.25) is 14.8 Å². The van der Waals surface area contributed by atoms with Gasteiger partial charge in [0.2, 0.25) is 0 Å². The Morgan fingerprint density at radius 2 is 2.11 bits per heavy atom. The van der Waals surface area contributed by atoms with E-state index in [1.54, 1.807) is 6.20 Å². The van der Waals surface area contributed by atoms with Crippen molar-refractivity contribution < 1.29 is 14.8 Å². The number of hydroxylamine groups is 2. The molecule has 0 spiro atoms. The van der Waals surface area contributed by atoms with Gasteiger partial charge in [0.05, 0.1) is 6.21 Å². The van der Waals surface area contributed by atoms with Crippen molar-refractivity contribution in [3.63, 3.8) is 0 Å². The molecule has 0 bridgehead atoms. The van der Waals surface area contributed by atoms with Crippen molar-refractivity contribution in [2.24, 2.45) is 4.99 Å². The number of H-pyrrole nitrogens is 1. The highest BCUT2D eigenvalue weighted by atomic mass is 16.5. The first-order chi connectivity index (χ1) is 9.16. The van der Waals surface area contributed by atoms with E-state index in [-0.39, 0.29) is 6.42 Å². The number of hydrogen-bond acceptors (Lipinski definition) is 3. The summed E-state index contributed by atoms with van der Waals surface area (Å²) in [7, 11) is 0. The summed E-state index contributed by atoms with van der Waals surface area (Å²) < 4.78 is 0. The van der Waals surface area contributed by atoms with E-state index in [4.69, 9.17) is 0 Å². The second-order valence-electron chi connectivity index (χ2n) is 4.36. The van der Waals surface area contributed by atoms with Gasteiger partial charge in [-0.1, -0.05) is 18.2 Å². The fourth-order valence-electron chi connectivity index (χ4n) is 2.20. The Labute approximate surface area is 108 Å². The lowest BCUT2D eigenvalue weighted by Crippen LogP contribution is -2.47. The molecule has 19 heavy (non-hydrogen) atoms. The molecule has 3 rings (SSSR count). The van der Waals surface area contributed by atoms with E-state index >= 15 is 0 Å². The number of aromatic amines is 1. The maximum atomic E-state index is 11.7. The van der Waals surface area contributed by atoms with E-state index in [1.807, 2.05) is 24.3 Å². The van der Waals surface area contributed by atoms with Crippen molar-refractivity contribution in [1.29, 1.82) is 0 Å². The van der Waals surface area contributed by atoms with Gasteiger partial charge >= 0.3 is 0 Å². The highest BCUT2D eigenvalue weighted by Gasteiger charge is 2.32. The molecule has 1 atom stereocenters. The van der Waals surface area contributed by atoms with Gasteiger partial charge in [-0.05, 0) is 11.6 Å². The van der Waals surface area contributed by atoms with E-state index in [2.05, 4.69) is 9.98 Å². The minimum atomic E-state index is -0.961. The quantitative estimate of drug-likeness (QED) is 0.784. The standard InChI is InChI=1S/C13H11N3O3/c17-12-7-15-13(18)11(16(12)19)5-8-6-14-10-4-2-1-3-9(8)10/h1-4,6-7,11,14,19H,5H2. The van der Waals surface area contributed by atoms with Crippen LogP contribution in [-0.2, 0) is 16.0 Å². The molecule has 0 saturated heterocycles. The number of hydrogen-bond donors (Lipinski definition) is 2. The molecule has 1 aromatic heterocycles. The van der Waals surface area contributed by atoms with Crippen molar-refractivity contribution in [3.05, 3.63) is 36.0 Å². The monoisotopic (exact) mass is 257 g/mol. The van der Waals surface area contributed by atoms with E-state index in [0.717, 1.165) is 22.7 Å². The first-order valence-corrected chi connectivity index (χ1v) is 5.82. The van der Waals surface area contributed by atoms with Gasteiger partial charge in [-0.25, -0.2) is 10.1 Å². The van der Waals surface area contributed by atoms with Gasteiger partial charge in [0.25, 0.3) is 11.8 Å². The van der Waals surface area contributed by atoms with E-state index in [0.29, 0.717) is 5.06 Å². The molecule has 6 heteroatoms. The molecule has 2 aromatic rings. The number of aliphatic imine (C=N–C) groups is 1. The largest absolute Gasteiger partial charge is 0.361 e. The second-order valence-corrected chi connectivity index (χ2v) is 4.36. The molecule has 2 N–H and O–H groups in total. The number of nitrogens with zero attached hydrogens (tertiary/aromatic N) is 2. The van der Waals surface area contributed by atoms with Gasteiger partial charge < -0.3 is 4.98 Å². The first kappa shape index (κ1) is 11.6. The number of amides is 2. The summed E-state index contributed by atoms with van der Waals surface area (Å²) >= 11 is 0. The average Bonchev–Trinajstić information content (AvgIpc) is 2.83. The van der Waals surface area contributed by atoms with Crippen molar-refractivity contribution in [2.75, 3.05) is 0 Å². The fraction of sp³-hybridized carbons (Fsp3) is 0.154. The first-order valence-electron chi connectivity index (χ1n) is 5.82. The SMILES string of the molecule is O=C1N=CC(=O)N(O)C1Cc1c[nH]c2ccccc12. The fourth-order valence-corrected chi connectivity index (χ4v) is 2.20. The van der Waals surface area contributed by atoms with Gasteiger partial charge in [-0.2, -0.15) is 0 Å². The third-order valence-corrected chi connectivity index (χ3v) is 3.20. The zero-order chi connectivity index (χ0) is 13.4. The molecule has 0 radical (unpaired) electrons. The Morgan fingerprint density at radius 3 is 2.95 bits per heavy atom. The molecule has 0 aliphatic carbocycles. The van der Waals surface area contributed by atoms with Crippen molar-refractivity contribution in [2.45, 2.75) is 12.5 Å². The third kappa shape index (κ3) is 1.92. The van der Waals surface area contributed by atoms with Gasteiger partial charge in [0, 0.05) is 23.5 Å². The lowest BCUT2D eigenvalue weighted by Gasteiger charge is -2.24. The molecule has 2 heterocycles. The maximum Gasteiger partial charge on any atom is 0.289 e. The molecule has 1 unspecified atom stereocenters. The minimum absolute atomic E-state index is 0.225. The second kappa shape index (κ2) is 4.33. The average molecular weight is 257 g/mol. The molecule has 1 aliphatic heterocycles. The van der Waals surface area contributed by atoms with E-state index in [9.17, 15) is 14.8 Å². The number of para-hydroxylation sites is 1. The Hall–Kier alpha value is -2.47. The van der Waals surface area contributed by atoms with Crippen LogP contribution in [0.3, 0.4) is 0 Å². The van der Waals surface area contributed by atoms with E-state index in [1.165, 1.54) is 0 Å².